The van der Waals surface area contributed by atoms with E-state index in [-0.39, 0.29) is 18.5 Å². The summed E-state index contributed by atoms with van der Waals surface area (Å²) >= 11 is 0. The summed E-state index contributed by atoms with van der Waals surface area (Å²) in [5.74, 6) is -0.0455. The van der Waals surface area contributed by atoms with E-state index in [2.05, 4.69) is 28.9 Å². The molecule has 2 fully saturated rings. The van der Waals surface area contributed by atoms with Crippen molar-refractivity contribution < 1.29 is 19.4 Å². The van der Waals surface area contributed by atoms with E-state index in [0.29, 0.717) is 6.54 Å². The Morgan fingerprint density at radius 2 is 1.93 bits per heavy atom. The van der Waals surface area contributed by atoms with E-state index < -0.39 is 5.97 Å². The fourth-order valence-electron chi connectivity index (χ4n) is 4.25. The number of benzene rings is 1. The second-order valence-electron chi connectivity index (χ2n) is 7.79. The number of hydrogen-bond donors (Lipinski definition) is 1. The fourth-order valence-corrected chi connectivity index (χ4v) is 4.25. The van der Waals surface area contributed by atoms with Crippen molar-refractivity contribution >= 4 is 11.9 Å². The summed E-state index contributed by atoms with van der Waals surface area (Å²) in [5, 5.41) is 9.08. The van der Waals surface area contributed by atoms with E-state index in [9.17, 15) is 9.59 Å². The van der Waals surface area contributed by atoms with Gasteiger partial charge >= 0.3 is 5.97 Å². The molecule has 2 aliphatic rings. The number of piperazine rings is 1. The smallest absolute Gasteiger partial charge is 0.323 e. The minimum absolute atomic E-state index is 0.0197. The second-order valence-corrected chi connectivity index (χ2v) is 7.79. The first-order valence-corrected chi connectivity index (χ1v) is 10.1. The van der Waals surface area contributed by atoms with Crippen LogP contribution in [0.4, 0.5) is 0 Å². The van der Waals surface area contributed by atoms with E-state index >= 15 is 0 Å². The van der Waals surface area contributed by atoms with Crippen LogP contribution >= 0.6 is 0 Å². The van der Waals surface area contributed by atoms with Gasteiger partial charge in [-0.25, -0.2) is 0 Å². The molecule has 2 heterocycles. The van der Waals surface area contributed by atoms with Crippen molar-refractivity contribution in [2.45, 2.75) is 38.8 Å². The summed E-state index contributed by atoms with van der Waals surface area (Å²) in [6.07, 6.45) is 2.66. The Morgan fingerprint density at radius 3 is 2.61 bits per heavy atom. The molecule has 154 valence electrons. The number of aryl methyl sites for hydroxylation is 1. The number of carbonyl (C=O) groups excluding carboxylic acids is 1. The van der Waals surface area contributed by atoms with Crippen LogP contribution in [0.15, 0.2) is 18.2 Å². The van der Waals surface area contributed by atoms with E-state index in [0.717, 1.165) is 57.7 Å². The number of amides is 1. The van der Waals surface area contributed by atoms with E-state index in [4.69, 9.17) is 9.84 Å². The van der Waals surface area contributed by atoms with Gasteiger partial charge in [0.1, 0.15) is 12.3 Å². The molecular weight excluding hydrogens is 358 g/mol. The first-order chi connectivity index (χ1) is 13.5. The molecule has 0 radical (unpaired) electrons. The van der Waals surface area contributed by atoms with Crippen molar-refractivity contribution in [2.24, 2.45) is 0 Å². The molecule has 0 aromatic heterocycles. The Bertz CT molecular complexity index is 701. The zero-order valence-electron chi connectivity index (χ0n) is 16.9. The van der Waals surface area contributed by atoms with Crippen LogP contribution in [0.1, 0.15) is 30.4 Å². The minimum Gasteiger partial charge on any atom is -0.496 e. The molecule has 1 N–H and O–H groups in total. The largest absolute Gasteiger partial charge is 0.496 e. The van der Waals surface area contributed by atoms with Gasteiger partial charge in [-0.3, -0.25) is 19.4 Å². The molecule has 3 rings (SSSR count). The molecule has 2 aliphatic heterocycles. The standard InChI is InChI=1S/C21H31N3O4/c1-16-6-7-19(28-2)17(13-16)14-22-9-11-23(12-10-22)18-5-3-4-8-24(21(18)27)15-20(25)26/h6-7,13,18H,3-5,8-12,14-15H2,1-2H3,(H,25,26). The van der Waals surface area contributed by atoms with Crippen molar-refractivity contribution in [3.05, 3.63) is 29.3 Å². The lowest BCUT2D eigenvalue weighted by Crippen LogP contribution is -2.55. The molecular formula is C21H31N3O4. The molecule has 1 aromatic carbocycles. The second kappa shape index (κ2) is 9.39. The Balaban J connectivity index is 1.59. The molecule has 0 spiro atoms. The van der Waals surface area contributed by atoms with Gasteiger partial charge in [-0.1, -0.05) is 17.7 Å². The van der Waals surface area contributed by atoms with Gasteiger partial charge in [-0.2, -0.15) is 0 Å². The molecule has 28 heavy (non-hydrogen) atoms. The summed E-state index contributed by atoms with van der Waals surface area (Å²) in [5.41, 5.74) is 2.41. The number of methoxy groups -OCH3 is 1. The van der Waals surface area contributed by atoms with Crippen LogP contribution in [0, 0.1) is 6.92 Å². The van der Waals surface area contributed by atoms with Gasteiger partial charge in [-0.05, 0) is 32.3 Å². The Morgan fingerprint density at radius 1 is 1.18 bits per heavy atom. The van der Waals surface area contributed by atoms with Crippen LogP contribution in [-0.4, -0.2) is 84.1 Å². The van der Waals surface area contributed by atoms with Crippen LogP contribution in [0.3, 0.4) is 0 Å². The Hall–Kier alpha value is -2.12. The molecule has 0 bridgehead atoms. The number of nitrogens with zero attached hydrogens (tertiary/aromatic N) is 3. The van der Waals surface area contributed by atoms with E-state index in [1.807, 2.05) is 6.07 Å². The Labute approximate surface area is 166 Å². The number of carboxylic acid groups (broad SMARTS) is 1. The molecule has 1 unspecified atom stereocenters. The van der Waals surface area contributed by atoms with Gasteiger partial charge in [0.25, 0.3) is 0 Å². The van der Waals surface area contributed by atoms with Crippen LogP contribution in [0.25, 0.3) is 0 Å². The molecule has 2 saturated heterocycles. The van der Waals surface area contributed by atoms with Crippen molar-refractivity contribution in [1.82, 2.24) is 14.7 Å². The third-order valence-corrected chi connectivity index (χ3v) is 5.76. The van der Waals surface area contributed by atoms with Gasteiger partial charge in [0.15, 0.2) is 0 Å². The molecule has 0 saturated carbocycles. The lowest BCUT2D eigenvalue weighted by Gasteiger charge is -2.39. The number of likely N-dealkylation sites (tertiary alicyclic amines) is 1. The molecule has 1 atom stereocenters. The number of hydrogen-bond acceptors (Lipinski definition) is 5. The molecule has 0 aliphatic carbocycles. The lowest BCUT2D eigenvalue weighted by atomic mass is 10.1. The number of carbonyl (C=O) groups is 2. The zero-order chi connectivity index (χ0) is 20.1. The highest BCUT2D eigenvalue weighted by molar-refractivity contribution is 5.85. The van der Waals surface area contributed by atoms with Crippen LogP contribution in [-0.2, 0) is 16.1 Å². The number of aliphatic carboxylic acids is 1. The van der Waals surface area contributed by atoms with Crippen molar-refractivity contribution in [3.63, 3.8) is 0 Å². The highest BCUT2D eigenvalue weighted by Crippen LogP contribution is 2.23. The maximum Gasteiger partial charge on any atom is 0.323 e. The van der Waals surface area contributed by atoms with Gasteiger partial charge in [0, 0.05) is 44.8 Å². The van der Waals surface area contributed by atoms with Crippen molar-refractivity contribution in [2.75, 3.05) is 46.4 Å². The number of rotatable bonds is 6. The van der Waals surface area contributed by atoms with E-state index in [1.165, 1.54) is 16.0 Å². The monoisotopic (exact) mass is 389 g/mol. The molecule has 7 nitrogen and oxygen atoms in total. The minimum atomic E-state index is -0.939. The van der Waals surface area contributed by atoms with Crippen LogP contribution in [0.5, 0.6) is 5.75 Å². The highest BCUT2D eigenvalue weighted by atomic mass is 16.5. The predicted molar refractivity (Wildman–Crippen MR) is 106 cm³/mol. The van der Waals surface area contributed by atoms with Crippen LogP contribution < -0.4 is 4.74 Å². The summed E-state index contributed by atoms with van der Waals surface area (Å²) < 4.78 is 5.49. The van der Waals surface area contributed by atoms with Gasteiger partial charge in [0.05, 0.1) is 13.2 Å². The van der Waals surface area contributed by atoms with Crippen LogP contribution in [0.2, 0.25) is 0 Å². The fraction of sp³-hybridized carbons (Fsp3) is 0.619. The average Bonchev–Trinajstić information content (AvgIpc) is 2.84. The van der Waals surface area contributed by atoms with Gasteiger partial charge < -0.3 is 14.7 Å². The van der Waals surface area contributed by atoms with Crippen molar-refractivity contribution in [3.8, 4) is 5.75 Å². The highest BCUT2D eigenvalue weighted by Gasteiger charge is 2.34. The molecule has 1 aromatic rings. The average molecular weight is 389 g/mol. The van der Waals surface area contributed by atoms with Gasteiger partial charge in [0.2, 0.25) is 5.91 Å². The predicted octanol–water partition coefficient (Wildman–Crippen LogP) is 1.59. The SMILES string of the molecule is COc1ccc(C)cc1CN1CCN(C2CCCCN(CC(=O)O)C2=O)CC1. The first kappa shape index (κ1) is 20.6. The molecule has 1 amide bonds. The maximum absolute atomic E-state index is 12.9. The number of carboxylic acids is 1. The topological polar surface area (TPSA) is 73.3 Å². The third-order valence-electron chi connectivity index (χ3n) is 5.76. The first-order valence-electron chi connectivity index (χ1n) is 10.1. The third kappa shape index (κ3) is 5.02. The summed E-state index contributed by atoms with van der Waals surface area (Å²) in [4.78, 5) is 30.1. The summed E-state index contributed by atoms with van der Waals surface area (Å²) in [7, 11) is 1.70. The summed E-state index contributed by atoms with van der Waals surface area (Å²) in [6.45, 7) is 6.71. The van der Waals surface area contributed by atoms with Crippen molar-refractivity contribution in [1.29, 1.82) is 0 Å². The maximum atomic E-state index is 12.9. The number of ether oxygens (including phenoxy) is 1. The molecule has 7 heteroatoms. The quantitative estimate of drug-likeness (QED) is 0.797. The lowest BCUT2D eigenvalue weighted by molar-refractivity contribution is -0.146. The normalized spacial score (nSPS) is 22.1. The van der Waals surface area contributed by atoms with E-state index in [1.54, 1.807) is 7.11 Å². The Kier molecular flexibility index (Phi) is 6.91. The summed E-state index contributed by atoms with van der Waals surface area (Å²) in [6, 6.07) is 6.06. The zero-order valence-corrected chi connectivity index (χ0v) is 16.9. The van der Waals surface area contributed by atoms with Gasteiger partial charge in [-0.15, -0.1) is 0 Å².